The third-order valence-electron chi connectivity index (χ3n) is 2.76. The molecule has 0 aliphatic heterocycles. The van der Waals surface area contributed by atoms with Crippen LogP contribution in [-0.4, -0.2) is 24.1 Å². The summed E-state index contributed by atoms with van der Waals surface area (Å²) in [7, 11) is -3.26. The molecular weight excluding hydrogens is 348 g/mol. The van der Waals surface area contributed by atoms with Crippen LogP contribution in [0.15, 0.2) is 14.9 Å². The van der Waals surface area contributed by atoms with Crippen LogP contribution in [0.4, 0.5) is 0 Å². The molecular formula is C12H15BrN2O2S2. The van der Waals surface area contributed by atoms with Crippen LogP contribution in [0.3, 0.4) is 0 Å². The molecule has 0 unspecified atom stereocenters. The minimum atomic E-state index is -3.26. The van der Waals surface area contributed by atoms with E-state index in [0.717, 1.165) is 27.7 Å². The van der Waals surface area contributed by atoms with Gasteiger partial charge in [0.15, 0.2) is 5.65 Å². The fourth-order valence-electron chi connectivity index (χ4n) is 1.66. The van der Waals surface area contributed by atoms with Gasteiger partial charge in [-0.1, -0.05) is 20.3 Å². The molecule has 0 saturated heterocycles. The van der Waals surface area contributed by atoms with E-state index >= 15 is 0 Å². The van der Waals surface area contributed by atoms with E-state index in [1.807, 2.05) is 19.9 Å². The molecule has 0 radical (unpaired) electrons. The normalized spacial score (nSPS) is 12.2. The highest BCUT2D eigenvalue weighted by atomic mass is 79.9. The van der Waals surface area contributed by atoms with Crippen molar-refractivity contribution in [1.82, 2.24) is 9.97 Å². The Kier molecular flexibility index (Phi) is 4.58. The van der Waals surface area contributed by atoms with Crippen molar-refractivity contribution >= 4 is 47.5 Å². The van der Waals surface area contributed by atoms with Gasteiger partial charge in [0.25, 0.3) is 0 Å². The number of aryl methyl sites for hydroxylation is 1. The Labute approximate surface area is 125 Å². The van der Waals surface area contributed by atoms with Gasteiger partial charge in [-0.15, -0.1) is 11.3 Å². The maximum absolute atomic E-state index is 12.1. The average molecular weight is 363 g/mol. The summed E-state index contributed by atoms with van der Waals surface area (Å²) in [6, 6.07) is 1.90. The SMILES string of the molecule is CCCCS(=O)(=O)c1nc2nc(CC)c(Br)cc2s1. The van der Waals surface area contributed by atoms with Crippen molar-refractivity contribution < 1.29 is 8.42 Å². The van der Waals surface area contributed by atoms with E-state index in [9.17, 15) is 8.42 Å². The molecule has 0 N–H and O–H groups in total. The van der Waals surface area contributed by atoms with Crippen LogP contribution in [0.1, 0.15) is 32.4 Å². The lowest BCUT2D eigenvalue weighted by Gasteiger charge is -1.98. The molecule has 2 rings (SSSR count). The maximum Gasteiger partial charge on any atom is 0.211 e. The predicted octanol–water partition coefficient (Wildman–Crippen LogP) is 3.59. The van der Waals surface area contributed by atoms with Crippen LogP contribution in [-0.2, 0) is 16.3 Å². The Bertz CT molecular complexity index is 695. The lowest BCUT2D eigenvalue weighted by Crippen LogP contribution is -2.05. The highest BCUT2D eigenvalue weighted by Crippen LogP contribution is 2.29. The number of sulfone groups is 1. The number of fused-ring (bicyclic) bond motifs is 1. The van der Waals surface area contributed by atoms with E-state index < -0.39 is 9.84 Å². The average Bonchev–Trinajstić information content (AvgIpc) is 2.78. The van der Waals surface area contributed by atoms with Crippen LogP contribution in [0, 0.1) is 0 Å². The highest BCUT2D eigenvalue weighted by molar-refractivity contribution is 9.10. The van der Waals surface area contributed by atoms with Crippen LogP contribution >= 0.6 is 27.3 Å². The summed E-state index contributed by atoms with van der Waals surface area (Å²) in [4.78, 5) is 8.58. The number of nitrogens with zero attached hydrogens (tertiary/aromatic N) is 2. The molecule has 4 nitrogen and oxygen atoms in total. The van der Waals surface area contributed by atoms with Gasteiger partial charge in [0.05, 0.1) is 16.1 Å². The van der Waals surface area contributed by atoms with Gasteiger partial charge >= 0.3 is 0 Å². The summed E-state index contributed by atoms with van der Waals surface area (Å²) < 4.78 is 26.1. The summed E-state index contributed by atoms with van der Waals surface area (Å²) in [5.74, 6) is 0.158. The van der Waals surface area contributed by atoms with E-state index in [1.165, 1.54) is 11.3 Å². The zero-order valence-electron chi connectivity index (χ0n) is 10.8. The maximum atomic E-state index is 12.1. The number of halogens is 1. The van der Waals surface area contributed by atoms with Gasteiger partial charge in [0.1, 0.15) is 0 Å². The van der Waals surface area contributed by atoms with Gasteiger partial charge in [0, 0.05) is 4.47 Å². The first-order valence-electron chi connectivity index (χ1n) is 6.16. The molecule has 2 aromatic heterocycles. The molecule has 104 valence electrons. The Morgan fingerprint density at radius 1 is 1.32 bits per heavy atom. The Morgan fingerprint density at radius 3 is 2.68 bits per heavy atom. The smallest absolute Gasteiger partial charge is 0.211 e. The molecule has 19 heavy (non-hydrogen) atoms. The van der Waals surface area contributed by atoms with Gasteiger partial charge in [-0.05, 0) is 34.8 Å². The number of thiazole rings is 1. The van der Waals surface area contributed by atoms with Crippen molar-refractivity contribution in [1.29, 1.82) is 0 Å². The van der Waals surface area contributed by atoms with Crippen molar-refractivity contribution in [2.24, 2.45) is 0 Å². The topological polar surface area (TPSA) is 59.9 Å². The second-order valence-corrected chi connectivity index (χ2v) is 8.41. The fourth-order valence-corrected chi connectivity index (χ4v) is 5.19. The summed E-state index contributed by atoms with van der Waals surface area (Å²) in [6.07, 6.45) is 2.30. The molecule has 0 amide bonds. The number of pyridine rings is 1. The first-order valence-corrected chi connectivity index (χ1v) is 9.42. The van der Waals surface area contributed by atoms with Crippen molar-refractivity contribution in [3.8, 4) is 0 Å². The molecule has 0 saturated carbocycles. The fraction of sp³-hybridized carbons (Fsp3) is 0.500. The second kappa shape index (κ2) is 5.85. The Morgan fingerprint density at radius 2 is 2.05 bits per heavy atom. The number of unbranched alkanes of at least 4 members (excludes halogenated alkanes) is 1. The summed E-state index contributed by atoms with van der Waals surface area (Å²) in [5.41, 5.74) is 1.43. The Hall–Kier alpha value is -0.530. The zero-order chi connectivity index (χ0) is 14.0. The van der Waals surface area contributed by atoms with E-state index in [-0.39, 0.29) is 10.1 Å². The first-order chi connectivity index (χ1) is 8.97. The third-order valence-corrected chi connectivity index (χ3v) is 6.69. The summed E-state index contributed by atoms with van der Waals surface area (Å²) in [5, 5.41) is 0. The molecule has 0 atom stereocenters. The van der Waals surface area contributed by atoms with E-state index in [1.54, 1.807) is 0 Å². The highest BCUT2D eigenvalue weighted by Gasteiger charge is 2.20. The standard InChI is InChI=1S/C12H15BrN2O2S2/c1-3-5-6-19(16,17)12-15-11-10(18-12)7-8(13)9(4-2)14-11/h7H,3-6H2,1-2H3. The van der Waals surface area contributed by atoms with Crippen LogP contribution in [0.2, 0.25) is 0 Å². The zero-order valence-corrected chi connectivity index (χ0v) is 14.0. The minimum Gasteiger partial charge on any atom is -0.231 e. The molecule has 0 spiro atoms. The van der Waals surface area contributed by atoms with E-state index in [4.69, 9.17) is 0 Å². The third kappa shape index (κ3) is 3.14. The number of rotatable bonds is 5. The molecule has 0 fully saturated rings. The first kappa shape index (κ1) is 14.9. The minimum absolute atomic E-state index is 0.158. The van der Waals surface area contributed by atoms with Gasteiger partial charge in [-0.25, -0.2) is 18.4 Å². The van der Waals surface area contributed by atoms with Crippen LogP contribution < -0.4 is 0 Å². The van der Waals surface area contributed by atoms with Crippen molar-refractivity contribution in [2.45, 2.75) is 37.4 Å². The quantitative estimate of drug-likeness (QED) is 0.815. The van der Waals surface area contributed by atoms with Crippen molar-refractivity contribution in [2.75, 3.05) is 5.75 Å². The molecule has 0 aliphatic rings. The van der Waals surface area contributed by atoms with Gasteiger partial charge in [0.2, 0.25) is 14.2 Å². The lowest BCUT2D eigenvalue weighted by molar-refractivity contribution is 0.592. The molecule has 2 heterocycles. The van der Waals surface area contributed by atoms with Crippen LogP contribution in [0.5, 0.6) is 0 Å². The van der Waals surface area contributed by atoms with Gasteiger partial charge < -0.3 is 0 Å². The summed E-state index contributed by atoms with van der Waals surface area (Å²) in [6.45, 7) is 3.98. The van der Waals surface area contributed by atoms with Gasteiger partial charge in [-0.3, -0.25) is 0 Å². The number of hydrogen-bond donors (Lipinski definition) is 0. The molecule has 2 aromatic rings. The molecule has 7 heteroatoms. The number of hydrogen-bond acceptors (Lipinski definition) is 5. The van der Waals surface area contributed by atoms with E-state index in [2.05, 4.69) is 25.9 Å². The van der Waals surface area contributed by atoms with Crippen molar-refractivity contribution in [3.63, 3.8) is 0 Å². The van der Waals surface area contributed by atoms with Crippen molar-refractivity contribution in [3.05, 3.63) is 16.2 Å². The number of aromatic nitrogens is 2. The van der Waals surface area contributed by atoms with Gasteiger partial charge in [-0.2, -0.15) is 0 Å². The lowest BCUT2D eigenvalue weighted by atomic mass is 10.3. The largest absolute Gasteiger partial charge is 0.231 e. The molecule has 0 bridgehead atoms. The predicted molar refractivity (Wildman–Crippen MR) is 81.5 cm³/mol. The summed E-state index contributed by atoms with van der Waals surface area (Å²) >= 11 is 4.64. The molecule has 0 aliphatic carbocycles. The molecule has 0 aromatic carbocycles. The van der Waals surface area contributed by atoms with E-state index in [0.29, 0.717) is 12.1 Å². The Balaban J connectivity index is 2.47. The van der Waals surface area contributed by atoms with Crippen LogP contribution in [0.25, 0.3) is 10.3 Å². The second-order valence-electron chi connectivity index (χ2n) is 4.24. The monoisotopic (exact) mass is 362 g/mol.